The van der Waals surface area contributed by atoms with Gasteiger partial charge < -0.3 is 15.2 Å². The fourth-order valence-corrected chi connectivity index (χ4v) is 5.02. The summed E-state index contributed by atoms with van der Waals surface area (Å²) >= 11 is 0. The Morgan fingerprint density at radius 3 is 2.06 bits per heavy atom. The van der Waals surface area contributed by atoms with Crippen LogP contribution in [0.4, 0.5) is 4.79 Å². The first kappa shape index (κ1) is 23.4. The molecule has 178 valence electrons. The molecule has 0 aromatic heterocycles. The molecule has 2 aliphatic rings. The molecule has 2 heterocycles. The maximum absolute atomic E-state index is 13.5. The summed E-state index contributed by atoms with van der Waals surface area (Å²) in [4.78, 5) is 53.7. The van der Waals surface area contributed by atoms with Crippen LogP contribution in [0.2, 0.25) is 0 Å². The van der Waals surface area contributed by atoms with Gasteiger partial charge in [-0.3, -0.25) is 29.9 Å². The second kappa shape index (κ2) is 9.24. The number of hydrogen-bond donors (Lipinski definition) is 4. The van der Waals surface area contributed by atoms with Gasteiger partial charge in [-0.1, -0.05) is 37.3 Å². The summed E-state index contributed by atoms with van der Waals surface area (Å²) in [6, 6.07) is 14.2. The molecule has 2 saturated heterocycles. The molecule has 4 N–H and O–H groups in total. The number of amides is 4. The lowest BCUT2D eigenvalue weighted by Crippen LogP contribution is -2.80. The third-order valence-electron chi connectivity index (χ3n) is 6.54. The third kappa shape index (κ3) is 3.61. The molecule has 2 fully saturated rings. The number of benzene rings is 2. The largest absolute Gasteiger partial charge is 0.480 e. The minimum Gasteiger partial charge on any atom is -0.480 e. The van der Waals surface area contributed by atoms with Crippen LogP contribution in [0.15, 0.2) is 54.6 Å². The van der Waals surface area contributed by atoms with Gasteiger partial charge in [-0.2, -0.15) is 0 Å². The highest BCUT2D eigenvalue weighted by Crippen LogP contribution is 2.45. The van der Waals surface area contributed by atoms with E-state index in [0.29, 0.717) is 37.7 Å². The summed E-state index contributed by atoms with van der Waals surface area (Å²) in [5.74, 6) is -2.22. The molecule has 2 aromatic carbocycles. The van der Waals surface area contributed by atoms with Crippen LogP contribution in [-0.4, -0.2) is 65.5 Å². The number of para-hydroxylation sites is 1. The van der Waals surface area contributed by atoms with Crippen molar-refractivity contribution in [1.82, 2.24) is 20.9 Å². The maximum atomic E-state index is 13.5. The number of carboxylic acid groups (broad SMARTS) is 1. The zero-order chi connectivity index (χ0) is 24.3. The average molecular weight is 466 g/mol. The van der Waals surface area contributed by atoms with Crippen LogP contribution < -0.4 is 20.7 Å². The lowest BCUT2D eigenvalue weighted by Gasteiger charge is -2.52. The molecule has 10 heteroatoms. The predicted molar refractivity (Wildman–Crippen MR) is 121 cm³/mol. The monoisotopic (exact) mass is 466 g/mol. The highest BCUT2D eigenvalue weighted by Gasteiger charge is 2.70. The van der Waals surface area contributed by atoms with Gasteiger partial charge in [0, 0.05) is 26.2 Å². The minimum atomic E-state index is -2.22. The summed E-state index contributed by atoms with van der Waals surface area (Å²) in [6.07, 6.45) is -0.0559. The first-order chi connectivity index (χ1) is 16.4. The van der Waals surface area contributed by atoms with Crippen molar-refractivity contribution in [3.63, 3.8) is 0 Å². The predicted octanol–water partition coefficient (Wildman–Crippen LogP) is 1.22. The molecular formula is C24H26N4O6. The zero-order valence-electron chi connectivity index (χ0n) is 18.7. The van der Waals surface area contributed by atoms with Gasteiger partial charge in [-0.25, -0.2) is 4.79 Å². The molecular weight excluding hydrogens is 440 g/mol. The van der Waals surface area contributed by atoms with Crippen molar-refractivity contribution in [2.45, 2.75) is 24.3 Å². The molecule has 0 spiro atoms. The van der Waals surface area contributed by atoms with E-state index in [1.807, 2.05) is 18.2 Å². The van der Waals surface area contributed by atoms with E-state index in [-0.39, 0.29) is 12.0 Å². The van der Waals surface area contributed by atoms with Crippen LogP contribution in [0.25, 0.3) is 0 Å². The number of nitrogens with one attached hydrogen (secondary N) is 3. The van der Waals surface area contributed by atoms with Crippen molar-refractivity contribution in [2.24, 2.45) is 0 Å². The van der Waals surface area contributed by atoms with Crippen molar-refractivity contribution in [3.8, 4) is 11.5 Å². The van der Waals surface area contributed by atoms with Gasteiger partial charge in [0.15, 0.2) is 5.41 Å². The van der Waals surface area contributed by atoms with E-state index in [0.717, 1.165) is 0 Å². The normalized spacial score (nSPS) is 20.1. The van der Waals surface area contributed by atoms with Crippen LogP contribution in [0.5, 0.6) is 11.5 Å². The maximum Gasteiger partial charge on any atom is 0.328 e. The first-order valence-corrected chi connectivity index (χ1v) is 11.1. The Hall–Kier alpha value is -3.76. The minimum absolute atomic E-state index is 0.0559. The number of aliphatic carboxylic acids is 1. The lowest BCUT2D eigenvalue weighted by atomic mass is 9.60. The van der Waals surface area contributed by atoms with Gasteiger partial charge in [0.25, 0.3) is 11.8 Å². The van der Waals surface area contributed by atoms with Gasteiger partial charge in [0.2, 0.25) is 0 Å². The zero-order valence-corrected chi connectivity index (χ0v) is 18.7. The summed E-state index contributed by atoms with van der Waals surface area (Å²) in [7, 11) is 0. The van der Waals surface area contributed by atoms with Crippen LogP contribution in [0, 0.1) is 0 Å². The fraction of sp³-hybridized carbons (Fsp3) is 0.333. The molecule has 0 aliphatic carbocycles. The van der Waals surface area contributed by atoms with E-state index in [9.17, 15) is 24.3 Å². The first-order valence-electron chi connectivity index (χ1n) is 11.1. The topological polar surface area (TPSA) is 137 Å². The molecule has 10 nitrogen and oxygen atoms in total. The van der Waals surface area contributed by atoms with Gasteiger partial charge in [-0.05, 0) is 36.2 Å². The highest BCUT2D eigenvalue weighted by atomic mass is 16.5. The number of barbiturate groups is 1. The standard InChI is InChI=1S/C24H26N4O6/c1-2-23(21(31)32,28-14-12-25-13-15-28)24(19(29)26-22(33)27-20(24)30)16-8-10-18(11-9-16)34-17-6-4-3-5-7-17/h3-11,25H,2,12-15H2,1H3,(H,31,32)(H2,26,27,29,30,33). The van der Waals surface area contributed by atoms with E-state index < -0.39 is 34.8 Å². The van der Waals surface area contributed by atoms with E-state index in [4.69, 9.17) is 4.74 Å². The Morgan fingerprint density at radius 2 is 1.53 bits per heavy atom. The molecule has 0 bridgehead atoms. The Labute approximate surface area is 196 Å². The van der Waals surface area contributed by atoms with E-state index in [1.54, 1.807) is 36.1 Å². The second-order valence-corrected chi connectivity index (χ2v) is 8.18. The van der Waals surface area contributed by atoms with E-state index >= 15 is 0 Å². The van der Waals surface area contributed by atoms with Crippen LogP contribution in [-0.2, 0) is 19.8 Å². The number of nitrogens with zero attached hydrogens (tertiary/aromatic N) is 1. The van der Waals surface area contributed by atoms with Gasteiger partial charge >= 0.3 is 12.0 Å². The number of carbonyl (C=O) groups is 4. The molecule has 4 amide bonds. The van der Waals surface area contributed by atoms with Crippen molar-refractivity contribution < 1.29 is 29.0 Å². The van der Waals surface area contributed by atoms with Crippen molar-refractivity contribution in [3.05, 3.63) is 60.2 Å². The molecule has 0 saturated carbocycles. The van der Waals surface area contributed by atoms with Gasteiger partial charge in [0.1, 0.15) is 17.0 Å². The Bertz CT molecular complexity index is 1080. The molecule has 34 heavy (non-hydrogen) atoms. The molecule has 1 atom stereocenters. The summed E-state index contributed by atoms with van der Waals surface area (Å²) in [5.41, 5.74) is -4.01. The van der Waals surface area contributed by atoms with Crippen molar-refractivity contribution in [1.29, 1.82) is 0 Å². The molecule has 2 aliphatic heterocycles. The number of piperazine rings is 1. The van der Waals surface area contributed by atoms with E-state index in [1.165, 1.54) is 12.1 Å². The number of imide groups is 2. The summed E-state index contributed by atoms with van der Waals surface area (Å²) in [5, 5.41) is 18.0. The SMILES string of the molecule is CCC(C(=O)O)(N1CCNCC1)C1(c2ccc(Oc3ccccc3)cc2)C(=O)NC(=O)NC1=O. The lowest BCUT2D eigenvalue weighted by molar-refractivity contribution is -0.169. The Balaban J connectivity index is 1.87. The third-order valence-corrected chi connectivity index (χ3v) is 6.54. The van der Waals surface area contributed by atoms with Crippen LogP contribution in [0.3, 0.4) is 0 Å². The smallest absolute Gasteiger partial charge is 0.328 e. The quantitative estimate of drug-likeness (QED) is 0.447. The summed E-state index contributed by atoms with van der Waals surface area (Å²) < 4.78 is 5.81. The van der Waals surface area contributed by atoms with Crippen LogP contribution >= 0.6 is 0 Å². The summed E-state index contributed by atoms with van der Waals surface area (Å²) in [6.45, 7) is 3.24. The van der Waals surface area contributed by atoms with Gasteiger partial charge in [0.05, 0.1) is 0 Å². The molecule has 2 aromatic rings. The fourth-order valence-electron chi connectivity index (χ4n) is 5.02. The van der Waals surface area contributed by atoms with Crippen molar-refractivity contribution >= 4 is 23.8 Å². The Morgan fingerprint density at radius 1 is 0.971 bits per heavy atom. The van der Waals surface area contributed by atoms with E-state index in [2.05, 4.69) is 16.0 Å². The molecule has 4 rings (SSSR count). The number of urea groups is 1. The molecule has 1 unspecified atom stereocenters. The Kier molecular flexibility index (Phi) is 6.36. The number of carbonyl (C=O) groups excluding carboxylic acids is 3. The molecule has 0 radical (unpaired) electrons. The van der Waals surface area contributed by atoms with Gasteiger partial charge in [-0.15, -0.1) is 0 Å². The number of carboxylic acids is 1. The number of rotatable bonds is 7. The second-order valence-electron chi connectivity index (χ2n) is 8.18. The number of hydrogen-bond acceptors (Lipinski definition) is 7. The van der Waals surface area contributed by atoms with Crippen molar-refractivity contribution in [2.75, 3.05) is 26.2 Å². The number of ether oxygens (including phenoxy) is 1. The average Bonchev–Trinajstić information content (AvgIpc) is 2.83. The van der Waals surface area contributed by atoms with Crippen LogP contribution in [0.1, 0.15) is 18.9 Å². The highest BCUT2D eigenvalue weighted by molar-refractivity contribution is 6.26.